The van der Waals surface area contributed by atoms with Gasteiger partial charge in [0.2, 0.25) is 5.82 Å². The van der Waals surface area contributed by atoms with Crippen molar-refractivity contribution in [3.8, 4) is 11.4 Å². The zero-order valence-electron chi connectivity index (χ0n) is 20.5. The highest BCUT2D eigenvalue weighted by molar-refractivity contribution is 5.72. The number of aliphatic carboxylic acids is 1. The highest BCUT2D eigenvalue weighted by atomic mass is 16.4. The number of aromatic nitrogens is 6. The monoisotopic (exact) mass is 489 g/mol. The molecule has 36 heavy (non-hydrogen) atoms. The highest BCUT2D eigenvalue weighted by Crippen LogP contribution is 2.44. The summed E-state index contributed by atoms with van der Waals surface area (Å²) in [6, 6.07) is 7.66. The molecule has 0 spiro atoms. The molecule has 0 bridgehead atoms. The molecule has 1 fully saturated rings. The Balaban J connectivity index is 1.57. The number of carbonyl (C=O) groups is 1. The number of aryl methyl sites for hydroxylation is 1. The van der Waals surface area contributed by atoms with Crippen molar-refractivity contribution in [2.24, 2.45) is 16.8 Å². The van der Waals surface area contributed by atoms with E-state index in [-0.39, 0.29) is 17.6 Å². The van der Waals surface area contributed by atoms with Gasteiger partial charge in [-0.15, -0.1) is 10.2 Å². The second-order valence-electron chi connectivity index (χ2n) is 9.97. The predicted octanol–water partition coefficient (Wildman–Crippen LogP) is 3.38. The third kappa shape index (κ3) is 4.20. The molecule has 3 heterocycles. The van der Waals surface area contributed by atoms with E-state index in [1.165, 1.54) is 0 Å². The fourth-order valence-corrected chi connectivity index (χ4v) is 5.57. The molecule has 3 aromatic rings. The summed E-state index contributed by atoms with van der Waals surface area (Å²) in [6.07, 6.45) is 11.5. The lowest BCUT2D eigenvalue weighted by atomic mass is 9.70. The van der Waals surface area contributed by atoms with Crippen molar-refractivity contribution in [3.05, 3.63) is 64.5 Å². The number of H-pyrrole nitrogens is 1. The number of unbranched alkanes of at least 4 members (excludes halogenated alkanes) is 1. The first kappa shape index (κ1) is 23.9. The molecule has 1 saturated carbocycles. The second-order valence-corrected chi connectivity index (χ2v) is 9.97. The number of carboxylic acids is 1. The zero-order valence-corrected chi connectivity index (χ0v) is 20.5. The first-order chi connectivity index (χ1) is 17.4. The summed E-state index contributed by atoms with van der Waals surface area (Å²) in [6.45, 7) is 4.57. The number of carboxylic acid groups (broad SMARTS) is 1. The van der Waals surface area contributed by atoms with Gasteiger partial charge in [0.15, 0.2) is 0 Å². The number of aliphatic imine (C=N–C) groups is 1. The van der Waals surface area contributed by atoms with E-state index in [1.807, 2.05) is 42.1 Å². The third-order valence-electron chi connectivity index (χ3n) is 7.65. The molecule has 0 radical (unpaired) electrons. The molecule has 0 saturated heterocycles. The van der Waals surface area contributed by atoms with E-state index in [4.69, 9.17) is 0 Å². The molecule has 2 aromatic heterocycles. The molecular weight excluding hydrogens is 458 g/mol. The van der Waals surface area contributed by atoms with Crippen LogP contribution in [0, 0.1) is 11.8 Å². The van der Waals surface area contributed by atoms with Crippen LogP contribution in [0.1, 0.15) is 56.8 Å². The Morgan fingerprint density at radius 3 is 2.86 bits per heavy atom. The van der Waals surface area contributed by atoms with Gasteiger partial charge in [0.1, 0.15) is 0 Å². The van der Waals surface area contributed by atoms with Crippen LogP contribution in [0.25, 0.3) is 11.4 Å². The molecule has 4 atom stereocenters. The lowest BCUT2D eigenvalue weighted by Gasteiger charge is -2.40. The fourth-order valence-electron chi connectivity index (χ4n) is 5.57. The Hall–Kier alpha value is -3.82. The maximum Gasteiger partial charge on any atom is 0.328 e. The van der Waals surface area contributed by atoms with Crippen LogP contribution in [-0.4, -0.2) is 47.0 Å². The van der Waals surface area contributed by atoms with Crippen molar-refractivity contribution in [2.45, 2.75) is 64.0 Å². The number of tetrazole rings is 1. The maximum atomic E-state index is 13.8. The molecule has 188 valence electrons. The minimum absolute atomic E-state index is 0.140. The Morgan fingerprint density at radius 2 is 2.19 bits per heavy atom. The number of hydrogen-bond acceptors (Lipinski definition) is 6. The van der Waals surface area contributed by atoms with Gasteiger partial charge in [-0.1, -0.05) is 44.5 Å². The lowest BCUT2D eigenvalue weighted by molar-refractivity contribution is -0.149. The molecular formula is C26H31N7O3. The Bertz CT molecular complexity index is 1350. The lowest BCUT2D eigenvalue weighted by Crippen LogP contribution is -2.46. The van der Waals surface area contributed by atoms with Crippen LogP contribution < -0.4 is 5.69 Å². The number of nitrogens with one attached hydrogen (secondary N) is 1. The average Bonchev–Trinajstić information content (AvgIpc) is 3.52. The predicted molar refractivity (Wildman–Crippen MR) is 135 cm³/mol. The number of nitrogens with zero attached hydrogens (tertiary/aromatic N) is 6. The smallest absolute Gasteiger partial charge is 0.328 e. The Labute approximate surface area is 208 Å². The van der Waals surface area contributed by atoms with E-state index in [0.29, 0.717) is 25.2 Å². The molecule has 4 unspecified atom stereocenters. The minimum Gasteiger partial charge on any atom is -0.481 e. The van der Waals surface area contributed by atoms with E-state index in [2.05, 4.69) is 44.7 Å². The van der Waals surface area contributed by atoms with Crippen molar-refractivity contribution < 1.29 is 9.90 Å². The molecule has 10 heteroatoms. The molecule has 1 aromatic carbocycles. The number of imidazole rings is 1. The van der Waals surface area contributed by atoms with Crippen molar-refractivity contribution in [2.75, 3.05) is 0 Å². The first-order valence-corrected chi connectivity index (χ1v) is 12.5. The Kier molecular flexibility index (Phi) is 6.42. The van der Waals surface area contributed by atoms with Gasteiger partial charge in [0.05, 0.1) is 12.0 Å². The van der Waals surface area contributed by atoms with Gasteiger partial charge in [-0.2, -0.15) is 5.21 Å². The van der Waals surface area contributed by atoms with Crippen molar-refractivity contribution in [3.63, 3.8) is 0 Å². The SMILES string of the molecule is CCCCc1cn(C2C(C)CC2C(=O)O)c(=O)n1CC1(c2cccc(-c3nn[nH]n3)c2)C=CN=CC1. The molecule has 2 N–H and O–H groups in total. The first-order valence-electron chi connectivity index (χ1n) is 12.5. The fraction of sp³-hybridized carbons (Fsp3) is 0.462. The van der Waals surface area contributed by atoms with E-state index >= 15 is 0 Å². The van der Waals surface area contributed by atoms with Crippen LogP contribution in [0.5, 0.6) is 0 Å². The van der Waals surface area contributed by atoms with Crippen LogP contribution in [0.4, 0.5) is 0 Å². The quantitative estimate of drug-likeness (QED) is 0.474. The van der Waals surface area contributed by atoms with Gasteiger partial charge in [-0.05, 0) is 48.4 Å². The molecule has 1 aliphatic carbocycles. The molecule has 0 amide bonds. The van der Waals surface area contributed by atoms with Gasteiger partial charge in [-0.25, -0.2) is 4.79 Å². The topological polar surface area (TPSA) is 131 Å². The normalized spacial score (nSPS) is 25.1. The number of hydrogen-bond donors (Lipinski definition) is 2. The average molecular weight is 490 g/mol. The van der Waals surface area contributed by atoms with E-state index in [1.54, 1.807) is 10.8 Å². The van der Waals surface area contributed by atoms with Crippen LogP contribution in [0.3, 0.4) is 0 Å². The summed E-state index contributed by atoms with van der Waals surface area (Å²) in [4.78, 5) is 29.9. The molecule has 5 rings (SSSR count). The summed E-state index contributed by atoms with van der Waals surface area (Å²) < 4.78 is 3.53. The van der Waals surface area contributed by atoms with Crippen LogP contribution in [0.15, 0.2) is 52.5 Å². The standard InChI is InChI=1S/C26H31N7O3/c1-3-4-8-20-15-32(22-17(2)13-21(22)24(34)35)25(36)33(20)16-26(9-11-27-12-10-26)19-7-5-6-18(14-19)23-28-30-31-29-23/h5-7,9,11-12,14-15,17,21-22H,3-4,8,10,13,16H2,1-2H3,(H,34,35)(H,28,29,30,31). The van der Waals surface area contributed by atoms with E-state index in [9.17, 15) is 14.7 Å². The number of benzene rings is 1. The van der Waals surface area contributed by atoms with Crippen LogP contribution >= 0.6 is 0 Å². The summed E-state index contributed by atoms with van der Waals surface area (Å²) in [5, 5.41) is 24.1. The van der Waals surface area contributed by atoms with Gasteiger partial charge in [-0.3, -0.25) is 18.9 Å². The van der Waals surface area contributed by atoms with Crippen molar-refractivity contribution in [1.29, 1.82) is 0 Å². The maximum absolute atomic E-state index is 13.8. The summed E-state index contributed by atoms with van der Waals surface area (Å²) in [5.41, 5.74) is 2.15. The Morgan fingerprint density at radius 1 is 1.33 bits per heavy atom. The summed E-state index contributed by atoms with van der Waals surface area (Å²) in [5.74, 6) is -0.726. The van der Waals surface area contributed by atoms with E-state index in [0.717, 1.165) is 36.1 Å². The number of allylic oxidation sites excluding steroid dienone is 1. The van der Waals surface area contributed by atoms with Crippen molar-refractivity contribution >= 4 is 12.2 Å². The van der Waals surface area contributed by atoms with Gasteiger partial charge < -0.3 is 5.11 Å². The van der Waals surface area contributed by atoms with Gasteiger partial charge >= 0.3 is 11.7 Å². The minimum atomic E-state index is -0.839. The van der Waals surface area contributed by atoms with E-state index < -0.39 is 17.3 Å². The molecule has 10 nitrogen and oxygen atoms in total. The van der Waals surface area contributed by atoms with Crippen molar-refractivity contribution in [1.82, 2.24) is 29.8 Å². The van der Waals surface area contributed by atoms with Crippen LogP contribution in [-0.2, 0) is 23.2 Å². The highest BCUT2D eigenvalue weighted by Gasteiger charge is 2.45. The van der Waals surface area contributed by atoms with Gasteiger partial charge in [0.25, 0.3) is 0 Å². The zero-order chi connectivity index (χ0) is 25.3. The second kappa shape index (κ2) is 9.67. The molecule has 1 aliphatic heterocycles. The third-order valence-corrected chi connectivity index (χ3v) is 7.65. The molecule has 2 aliphatic rings. The largest absolute Gasteiger partial charge is 0.481 e. The van der Waals surface area contributed by atoms with Crippen LogP contribution in [0.2, 0.25) is 0 Å². The number of aromatic amines is 1. The van der Waals surface area contributed by atoms with Gasteiger partial charge in [0, 0.05) is 41.8 Å². The number of rotatable bonds is 9. The summed E-state index contributed by atoms with van der Waals surface area (Å²) >= 11 is 0. The summed E-state index contributed by atoms with van der Waals surface area (Å²) in [7, 11) is 0.